The predicted octanol–water partition coefficient (Wildman–Crippen LogP) is 9.98. The molecule has 3 aromatic carbocycles. The molecule has 0 saturated carbocycles. The Morgan fingerprint density at radius 2 is 1.07 bits per heavy atom. The molecule has 5 N–H and O–H groups in total. The molecule has 14 nitrogen and oxygen atoms in total. The number of ether oxygens (including phenoxy) is 3. The normalized spacial score (nSPS) is 12.8. The van der Waals surface area contributed by atoms with E-state index in [4.69, 9.17) is 19.9 Å². The summed E-state index contributed by atoms with van der Waals surface area (Å²) in [4.78, 5) is 47.8. The number of pyridine rings is 2. The van der Waals surface area contributed by atoms with Crippen molar-refractivity contribution in [3.63, 3.8) is 0 Å². The van der Waals surface area contributed by atoms with Gasteiger partial charge in [0, 0.05) is 31.0 Å². The molecule has 0 bridgehead atoms. The van der Waals surface area contributed by atoms with E-state index in [1.807, 2.05) is 30.3 Å². The molecule has 0 spiro atoms. The number of amides is 3. The average molecular weight is 1030 g/mol. The van der Waals surface area contributed by atoms with Crippen LogP contribution in [0.1, 0.15) is 99.7 Å². The van der Waals surface area contributed by atoms with Crippen LogP contribution in [0.5, 0.6) is 11.5 Å². The monoisotopic (exact) mass is 1030 g/mol. The van der Waals surface area contributed by atoms with Crippen LogP contribution < -0.4 is 31.2 Å². The van der Waals surface area contributed by atoms with Crippen molar-refractivity contribution in [2.75, 3.05) is 26.4 Å². The number of nitrogens with two attached hydrogens (primary N) is 1. The molecule has 0 fully saturated rings. The lowest BCUT2D eigenvalue weighted by atomic mass is 9.96. The summed E-state index contributed by atoms with van der Waals surface area (Å²) < 4.78 is 102. The molecule has 0 aliphatic rings. The second kappa shape index (κ2) is 24.9. The number of carbonyl (C=O) groups is 3. The quantitative estimate of drug-likeness (QED) is 0.0511. The number of nitrogens with zero attached hydrogens (tertiary/aromatic N) is 4. The van der Waals surface area contributed by atoms with Crippen molar-refractivity contribution < 1.29 is 54.9 Å². The maximum Gasteiger partial charge on any atom is 0.407 e. The van der Waals surface area contributed by atoms with E-state index in [-0.39, 0.29) is 74.2 Å². The highest BCUT2D eigenvalue weighted by Crippen LogP contribution is 2.28. The van der Waals surface area contributed by atoms with Crippen LogP contribution in [0.4, 0.5) is 31.1 Å². The molecule has 7 aromatic rings. The first-order chi connectivity index (χ1) is 35.2. The first-order valence-electron chi connectivity index (χ1n) is 23.8. The molecule has 20 heteroatoms. The molecule has 0 aliphatic heterocycles. The van der Waals surface area contributed by atoms with Gasteiger partial charge >= 0.3 is 6.09 Å². The predicted molar refractivity (Wildman–Crippen MR) is 267 cm³/mol. The fraction of sp³-hybridized carbons (Fsp3) is 0.352. The Morgan fingerprint density at radius 1 is 0.622 bits per heavy atom. The second-order valence-electron chi connectivity index (χ2n) is 18.6. The molecule has 74 heavy (non-hydrogen) atoms. The zero-order valence-corrected chi connectivity index (χ0v) is 42.0. The lowest BCUT2D eigenvalue weighted by molar-refractivity contribution is 0.0918. The van der Waals surface area contributed by atoms with E-state index in [1.165, 1.54) is 12.1 Å². The minimum atomic E-state index is -1.00. The highest BCUT2D eigenvalue weighted by Gasteiger charge is 2.30. The third-order valence-electron chi connectivity index (χ3n) is 11.9. The Bertz CT molecular complexity index is 3050. The van der Waals surface area contributed by atoms with Gasteiger partial charge in [0.1, 0.15) is 54.5 Å². The molecule has 3 amide bonds. The van der Waals surface area contributed by atoms with E-state index < -0.39 is 59.7 Å². The summed E-state index contributed by atoms with van der Waals surface area (Å²) in [7, 11) is 0. The van der Waals surface area contributed by atoms with Gasteiger partial charge in [0.2, 0.25) is 0 Å². The zero-order chi connectivity index (χ0) is 53.7. The summed E-state index contributed by atoms with van der Waals surface area (Å²) in [6, 6.07) is 19.7. The van der Waals surface area contributed by atoms with Crippen molar-refractivity contribution in [1.82, 2.24) is 34.7 Å². The largest absolute Gasteiger partial charge is 0.485 e. The second-order valence-corrected chi connectivity index (χ2v) is 18.6. The molecule has 7 rings (SSSR count). The molecule has 2 unspecified atom stereocenters. The number of halogens is 6. The summed E-state index contributed by atoms with van der Waals surface area (Å²) in [6.07, 6.45) is 3.90. The SMILES string of the molecule is Cc1cc(OCc2c(F)cccc2F)c2nc(C)c(C(=O)NCC(C)(CCCF)NC(=O)OCc3ccccc3)n2c1.Cc1cc(OCc2c(F)cccc2F)c2nc(C)c(C(=O)NCC(C)(N)CCCF)n2c1. The van der Waals surface area contributed by atoms with Gasteiger partial charge in [-0.2, -0.15) is 0 Å². The zero-order valence-electron chi connectivity index (χ0n) is 42.0. The molecule has 0 radical (unpaired) electrons. The van der Waals surface area contributed by atoms with Crippen LogP contribution in [0.3, 0.4) is 0 Å². The number of aryl methyl sites for hydroxylation is 4. The molecule has 4 heterocycles. The smallest absolute Gasteiger partial charge is 0.407 e. The van der Waals surface area contributed by atoms with Crippen molar-refractivity contribution >= 4 is 29.2 Å². The van der Waals surface area contributed by atoms with Gasteiger partial charge in [-0.3, -0.25) is 27.2 Å². The Morgan fingerprint density at radius 3 is 1.53 bits per heavy atom. The summed E-state index contributed by atoms with van der Waals surface area (Å²) in [6.45, 7) is 8.84. The molecular formula is C54H60F6N8O6. The van der Waals surface area contributed by atoms with Crippen LogP contribution in [0.2, 0.25) is 0 Å². The summed E-state index contributed by atoms with van der Waals surface area (Å²) in [5, 5.41) is 8.38. The summed E-state index contributed by atoms with van der Waals surface area (Å²) >= 11 is 0. The van der Waals surface area contributed by atoms with Gasteiger partial charge in [0.15, 0.2) is 22.8 Å². The van der Waals surface area contributed by atoms with Crippen LogP contribution in [-0.2, 0) is 24.6 Å². The third kappa shape index (κ3) is 14.3. The van der Waals surface area contributed by atoms with Crippen LogP contribution in [0, 0.1) is 51.0 Å². The fourth-order valence-electron chi connectivity index (χ4n) is 8.06. The van der Waals surface area contributed by atoms with Crippen molar-refractivity contribution in [2.45, 2.75) is 98.1 Å². The first-order valence-corrected chi connectivity index (χ1v) is 23.8. The van der Waals surface area contributed by atoms with Crippen LogP contribution >= 0.6 is 0 Å². The summed E-state index contributed by atoms with van der Waals surface area (Å²) in [5.74, 6) is -3.20. The maximum atomic E-state index is 14.1. The standard InChI is InChI=1S/C31H33F3N4O4.C23H27F3N4O2/c1-20-15-26(41-18-23-24(33)11-7-12-25(23)34)28-36-21(2)27(38(28)16-20)29(39)35-19-31(3,13-8-14-32)37-30(40)42-17-22-9-5-4-6-10-22;1-14-10-19(32-12-16-17(25)6-4-7-18(16)26)21-29-15(2)20(30(21)11-14)22(31)28-13-23(3,27)8-5-9-24/h4-7,9-12,15-16H,8,13-14,17-19H2,1-3H3,(H,35,39)(H,37,40);4,6-7,10-11H,5,8-9,12-13,27H2,1-3H3,(H,28,31). The number of fused-ring (bicyclic) bond motifs is 2. The Hall–Kier alpha value is -7.61. The van der Waals surface area contributed by atoms with Crippen LogP contribution in [0.25, 0.3) is 11.3 Å². The molecular weight excluding hydrogens is 971 g/mol. The van der Waals surface area contributed by atoms with Gasteiger partial charge in [-0.05, 0) is 120 Å². The Labute approximate surface area is 424 Å². The topological polar surface area (TPSA) is 176 Å². The van der Waals surface area contributed by atoms with Gasteiger partial charge in [0.25, 0.3) is 11.8 Å². The number of nitrogens with one attached hydrogen (secondary N) is 3. The Balaban J connectivity index is 0.000000250. The molecule has 2 atom stereocenters. The van der Waals surface area contributed by atoms with E-state index in [9.17, 15) is 40.7 Å². The van der Waals surface area contributed by atoms with Crippen molar-refractivity contribution in [1.29, 1.82) is 0 Å². The van der Waals surface area contributed by atoms with E-state index >= 15 is 0 Å². The van der Waals surface area contributed by atoms with Crippen molar-refractivity contribution in [3.8, 4) is 11.5 Å². The van der Waals surface area contributed by atoms with E-state index in [0.29, 0.717) is 52.5 Å². The molecule has 0 saturated heterocycles. The number of rotatable bonds is 21. The Kier molecular flexibility index (Phi) is 18.7. The molecule has 4 aromatic heterocycles. The number of hydrogen-bond donors (Lipinski definition) is 4. The number of alkyl carbamates (subject to hydrolysis) is 1. The van der Waals surface area contributed by atoms with E-state index in [0.717, 1.165) is 35.4 Å². The lowest BCUT2D eigenvalue weighted by Gasteiger charge is -2.30. The van der Waals surface area contributed by atoms with Gasteiger partial charge in [-0.25, -0.2) is 32.3 Å². The van der Waals surface area contributed by atoms with E-state index in [1.54, 1.807) is 74.9 Å². The van der Waals surface area contributed by atoms with Gasteiger partial charge < -0.3 is 35.9 Å². The molecule has 0 aliphatic carbocycles. The number of imidazole rings is 2. The van der Waals surface area contributed by atoms with Crippen LogP contribution in [0.15, 0.2) is 91.3 Å². The maximum absolute atomic E-state index is 14.1. The first kappa shape index (κ1) is 55.7. The number of hydrogen-bond acceptors (Lipinski definition) is 9. The number of benzene rings is 3. The average Bonchev–Trinajstić information content (AvgIpc) is 3.88. The van der Waals surface area contributed by atoms with Crippen molar-refractivity contribution in [3.05, 3.63) is 165 Å². The fourth-order valence-corrected chi connectivity index (χ4v) is 8.06. The van der Waals surface area contributed by atoms with Gasteiger partial charge in [-0.15, -0.1) is 0 Å². The van der Waals surface area contributed by atoms with Gasteiger partial charge in [-0.1, -0.05) is 42.5 Å². The number of alkyl halides is 2. The van der Waals surface area contributed by atoms with E-state index in [2.05, 4.69) is 25.9 Å². The van der Waals surface area contributed by atoms with Crippen LogP contribution in [-0.4, -0.2) is 74.2 Å². The minimum absolute atomic E-state index is 0.0132. The summed E-state index contributed by atoms with van der Waals surface area (Å²) in [5.41, 5.74) is 8.27. The highest BCUT2D eigenvalue weighted by atomic mass is 19.2. The number of aromatic nitrogens is 4. The van der Waals surface area contributed by atoms with Gasteiger partial charge in [0.05, 0.1) is 41.4 Å². The number of carbonyl (C=O) groups excluding carboxylic acids is 3. The minimum Gasteiger partial charge on any atom is -0.485 e. The third-order valence-corrected chi connectivity index (χ3v) is 11.9. The highest BCUT2D eigenvalue weighted by molar-refractivity contribution is 5.95. The molecule has 394 valence electrons. The van der Waals surface area contributed by atoms with Crippen molar-refractivity contribution in [2.24, 2.45) is 5.73 Å². The lowest BCUT2D eigenvalue weighted by Crippen LogP contribution is -2.53.